The Labute approximate surface area is 130 Å². The Bertz CT molecular complexity index is 540. The molecule has 0 spiro atoms. The summed E-state index contributed by atoms with van der Waals surface area (Å²) in [5.41, 5.74) is 2.61. The van der Waals surface area contributed by atoms with Crippen LogP contribution in [0.2, 0.25) is 5.02 Å². The predicted molar refractivity (Wildman–Crippen MR) is 89.4 cm³/mol. The Hall–Kier alpha value is -0.960. The highest BCUT2D eigenvalue weighted by atomic mass is 35.5. The maximum Gasteiger partial charge on any atom is 0.0410 e. The van der Waals surface area contributed by atoms with E-state index in [4.69, 9.17) is 11.6 Å². The number of hydrogen-bond donors (Lipinski definition) is 1. The number of nitrogens with one attached hydrogen (secondary N) is 1. The predicted octanol–water partition coefficient (Wildman–Crippen LogP) is 5.13. The molecule has 106 valence electrons. The van der Waals surface area contributed by atoms with Crippen LogP contribution in [0.25, 0.3) is 0 Å². The van der Waals surface area contributed by atoms with E-state index < -0.39 is 0 Å². The van der Waals surface area contributed by atoms with Gasteiger partial charge in [0, 0.05) is 28.3 Å². The van der Waals surface area contributed by atoms with Crippen molar-refractivity contribution >= 4 is 23.4 Å². The Balaban J connectivity index is 2.06. The summed E-state index contributed by atoms with van der Waals surface area (Å²) in [6.45, 7) is 5.16. The lowest BCUT2D eigenvalue weighted by atomic mass is 10.2. The van der Waals surface area contributed by atoms with Gasteiger partial charge in [-0.15, -0.1) is 11.8 Å². The molecule has 3 heteroatoms. The molecule has 0 unspecified atom stereocenters. The zero-order chi connectivity index (χ0) is 14.4. The second-order valence-electron chi connectivity index (χ2n) is 5.06. The maximum atomic E-state index is 6.11. The highest BCUT2D eigenvalue weighted by Gasteiger charge is 2.05. The molecule has 2 rings (SSSR count). The molecule has 20 heavy (non-hydrogen) atoms. The molecule has 0 bridgehead atoms. The van der Waals surface area contributed by atoms with E-state index in [0.29, 0.717) is 6.04 Å². The summed E-state index contributed by atoms with van der Waals surface area (Å²) < 4.78 is 0. The first-order valence-corrected chi connectivity index (χ1v) is 8.20. The van der Waals surface area contributed by atoms with Gasteiger partial charge >= 0.3 is 0 Å². The van der Waals surface area contributed by atoms with E-state index in [2.05, 4.69) is 61.6 Å². The fourth-order valence-electron chi connectivity index (χ4n) is 1.88. The molecule has 0 heterocycles. The van der Waals surface area contributed by atoms with Crippen molar-refractivity contribution in [2.24, 2.45) is 0 Å². The third kappa shape index (κ3) is 4.86. The van der Waals surface area contributed by atoms with Crippen molar-refractivity contribution in [1.82, 2.24) is 5.32 Å². The van der Waals surface area contributed by atoms with Gasteiger partial charge in [-0.3, -0.25) is 0 Å². The van der Waals surface area contributed by atoms with Gasteiger partial charge in [0.2, 0.25) is 0 Å². The van der Waals surface area contributed by atoms with Crippen LogP contribution in [-0.2, 0) is 12.3 Å². The summed E-state index contributed by atoms with van der Waals surface area (Å²) >= 11 is 7.97. The topological polar surface area (TPSA) is 12.0 Å². The van der Waals surface area contributed by atoms with Crippen molar-refractivity contribution in [2.45, 2.75) is 37.1 Å². The van der Waals surface area contributed by atoms with Gasteiger partial charge in [0.1, 0.15) is 0 Å². The molecule has 0 amide bonds. The molecular weight excluding hydrogens is 286 g/mol. The minimum absolute atomic E-state index is 0.473. The van der Waals surface area contributed by atoms with E-state index in [1.165, 1.54) is 16.0 Å². The van der Waals surface area contributed by atoms with Crippen LogP contribution in [0.3, 0.4) is 0 Å². The third-order valence-electron chi connectivity index (χ3n) is 2.96. The van der Waals surface area contributed by atoms with Crippen LogP contribution in [0.4, 0.5) is 0 Å². The Morgan fingerprint density at radius 3 is 2.55 bits per heavy atom. The van der Waals surface area contributed by atoms with Crippen molar-refractivity contribution in [3.8, 4) is 0 Å². The Morgan fingerprint density at radius 1 is 1.10 bits per heavy atom. The second kappa shape index (κ2) is 7.72. The number of thioether (sulfide) groups is 1. The van der Waals surface area contributed by atoms with E-state index in [9.17, 15) is 0 Å². The quantitative estimate of drug-likeness (QED) is 0.742. The van der Waals surface area contributed by atoms with Crippen molar-refractivity contribution in [1.29, 1.82) is 0 Å². The highest BCUT2D eigenvalue weighted by molar-refractivity contribution is 7.98. The molecule has 0 atom stereocenters. The van der Waals surface area contributed by atoms with Crippen molar-refractivity contribution in [3.63, 3.8) is 0 Å². The normalized spacial score (nSPS) is 11.0. The van der Waals surface area contributed by atoms with Crippen LogP contribution in [0.5, 0.6) is 0 Å². The maximum absolute atomic E-state index is 6.11. The summed E-state index contributed by atoms with van der Waals surface area (Å²) in [6, 6.07) is 17.2. The van der Waals surface area contributed by atoms with E-state index >= 15 is 0 Å². The highest BCUT2D eigenvalue weighted by Crippen LogP contribution is 2.28. The van der Waals surface area contributed by atoms with Crippen molar-refractivity contribution < 1.29 is 0 Å². The van der Waals surface area contributed by atoms with Crippen LogP contribution in [0, 0.1) is 0 Å². The van der Waals surface area contributed by atoms with Crippen molar-refractivity contribution in [2.75, 3.05) is 0 Å². The first-order valence-electron chi connectivity index (χ1n) is 6.83. The number of halogens is 1. The average Bonchev–Trinajstić information content (AvgIpc) is 2.45. The molecule has 2 aromatic rings. The van der Waals surface area contributed by atoms with Crippen LogP contribution in [0.15, 0.2) is 53.4 Å². The monoisotopic (exact) mass is 305 g/mol. The number of rotatable bonds is 6. The standard InChI is InChI=1S/C17H20ClNS/c1-13(2)19-11-15-10-16(18)8-9-17(15)20-12-14-6-4-3-5-7-14/h3-10,13,19H,11-12H2,1-2H3. The summed E-state index contributed by atoms with van der Waals surface area (Å²) in [5, 5.41) is 4.26. The van der Waals surface area contributed by atoms with Gasteiger partial charge in [-0.25, -0.2) is 0 Å². The molecule has 1 N–H and O–H groups in total. The summed E-state index contributed by atoms with van der Waals surface area (Å²) in [4.78, 5) is 1.30. The van der Waals surface area contributed by atoms with Gasteiger partial charge in [-0.1, -0.05) is 55.8 Å². The fraction of sp³-hybridized carbons (Fsp3) is 0.294. The van der Waals surface area contributed by atoms with E-state index in [0.717, 1.165) is 17.3 Å². The van der Waals surface area contributed by atoms with Crippen LogP contribution >= 0.6 is 23.4 Å². The molecule has 1 nitrogen and oxygen atoms in total. The Morgan fingerprint density at radius 2 is 1.85 bits per heavy atom. The van der Waals surface area contributed by atoms with Gasteiger partial charge in [0.25, 0.3) is 0 Å². The molecule has 0 aromatic heterocycles. The van der Waals surface area contributed by atoms with Crippen LogP contribution in [-0.4, -0.2) is 6.04 Å². The lowest BCUT2D eigenvalue weighted by Gasteiger charge is -2.13. The molecule has 2 aromatic carbocycles. The van der Waals surface area contributed by atoms with E-state index in [1.807, 2.05) is 17.8 Å². The first-order chi connectivity index (χ1) is 9.65. The molecule has 0 aliphatic rings. The summed E-state index contributed by atoms with van der Waals surface area (Å²) in [6.07, 6.45) is 0. The third-order valence-corrected chi connectivity index (χ3v) is 4.38. The largest absolute Gasteiger partial charge is 0.310 e. The van der Waals surface area contributed by atoms with Gasteiger partial charge in [0.15, 0.2) is 0 Å². The summed E-state index contributed by atoms with van der Waals surface area (Å²) in [5.74, 6) is 0.983. The van der Waals surface area contributed by atoms with E-state index in [1.54, 1.807) is 0 Å². The number of benzene rings is 2. The zero-order valence-electron chi connectivity index (χ0n) is 11.9. The smallest absolute Gasteiger partial charge is 0.0410 e. The molecule has 0 aliphatic carbocycles. The lowest BCUT2D eigenvalue weighted by molar-refractivity contribution is 0.585. The van der Waals surface area contributed by atoms with Crippen LogP contribution in [0.1, 0.15) is 25.0 Å². The van der Waals surface area contributed by atoms with Gasteiger partial charge in [-0.2, -0.15) is 0 Å². The average molecular weight is 306 g/mol. The van der Waals surface area contributed by atoms with E-state index in [-0.39, 0.29) is 0 Å². The molecule has 0 radical (unpaired) electrons. The molecule has 0 aliphatic heterocycles. The summed E-state index contributed by atoms with van der Waals surface area (Å²) in [7, 11) is 0. The molecule has 0 fully saturated rings. The van der Waals surface area contributed by atoms with Crippen molar-refractivity contribution in [3.05, 3.63) is 64.7 Å². The fourth-order valence-corrected chi connectivity index (χ4v) is 3.07. The minimum Gasteiger partial charge on any atom is -0.310 e. The Kier molecular flexibility index (Phi) is 5.96. The molecule has 0 saturated heterocycles. The lowest BCUT2D eigenvalue weighted by Crippen LogP contribution is -2.22. The zero-order valence-corrected chi connectivity index (χ0v) is 13.5. The molecule has 0 saturated carbocycles. The number of hydrogen-bond acceptors (Lipinski definition) is 2. The van der Waals surface area contributed by atoms with Gasteiger partial charge in [0.05, 0.1) is 0 Å². The van der Waals surface area contributed by atoms with Gasteiger partial charge < -0.3 is 5.32 Å². The SMILES string of the molecule is CC(C)NCc1cc(Cl)ccc1SCc1ccccc1. The molecular formula is C17H20ClNS. The second-order valence-corrected chi connectivity index (χ2v) is 6.52. The minimum atomic E-state index is 0.473. The first kappa shape index (κ1) is 15.4. The van der Waals surface area contributed by atoms with Gasteiger partial charge in [-0.05, 0) is 29.3 Å². The van der Waals surface area contributed by atoms with Crippen LogP contribution < -0.4 is 5.32 Å².